The number of nitrogens with zero attached hydrogens (tertiary/aromatic N) is 1. The molecular weight excluding hydrogens is 380 g/mol. The van der Waals surface area contributed by atoms with Gasteiger partial charge in [0.25, 0.3) is 5.69 Å². The van der Waals surface area contributed by atoms with Crippen LogP contribution in [0.3, 0.4) is 0 Å². The van der Waals surface area contributed by atoms with Crippen LogP contribution in [0.4, 0.5) is 16.2 Å². The van der Waals surface area contributed by atoms with Crippen molar-refractivity contribution in [2.75, 3.05) is 12.3 Å². The van der Waals surface area contributed by atoms with E-state index in [-0.39, 0.29) is 29.0 Å². The zero-order valence-electron chi connectivity index (χ0n) is 15.6. The molecule has 9 nitrogen and oxygen atoms in total. The van der Waals surface area contributed by atoms with Gasteiger partial charge in [0.05, 0.1) is 28.8 Å². The van der Waals surface area contributed by atoms with Gasteiger partial charge < -0.3 is 15.2 Å². The highest BCUT2D eigenvalue weighted by Crippen LogP contribution is 2.41. The molecule has 0 aliphatic heterocycles. The van der Waals surface area contributed by atoms with Crippen molar-refractivity contribution in [3.8, 4) is 5.75 Å². The van der Waals surface area contributed by atoms with Gasteiger partial charge in [-0.15, -0.1) is 0 Å². The first kappa shape index (κ1) is 20.0. The molecule has 0 atom stereocenters. The maximum Gasteiger partial charge on any atom is 0.513 e. The van der Waals surface area contributed by atoms with Crippen molar-refractivity contribution in [3.63, 3.8) is 0 Å². The molecule has 2 N–H and O–H groups in total. The van der Waals surface area contributed by atoms with Crippen molar-refractivity contribution in [2.45, 2.75) is 26.2 Å². The van der Waals surface area contributed by atoms with E-state index in [4.69, 9.17) is 15.2 Å². The molecule has 29 heavy (non-hydrogen) atoms. The second kappa shape index (κ2) is 8.09. The Hall–Kier alpha value is -3.75. The van der Waals surface area contributed by atoms with Crippen LogP contribution in [0.1, 0.15) is 58.0 Å². The van der Waals surface area contributed by atoms with Crippen LogP contribution in [0, 0.1) is 10.1 Å². The minimum atomic E-state index is -1.10. The summed E-state index contributed by atoms with van der Waals surface area (Å²) in [5, 5.41) is 11.6. The number of nitrogens with two attached hydrogens (primary N) is 1. The highest BCUT2D eigenvalue weighted by molar-refractivity contribution is 6.31. The number of carbonyl (C=O) groups excluding carboxylic acids is 3. The highest BCUT2D eigenvalue weighted by atomic mass is 16.7. The van der Waals surface area contributed by atoms with E-state index in [9.17, 15) is 24.5 Å². The van der Waals surface area contributed by atoms with Gasteiger partial charge in [-0.05, 0) is 6.42 Å². The number of nitro groups is 1. The average molecular weight is 398 g/mol. The summed E-state index contributed by atoms with van der Waals surface area (Å²) in [4.78, 5) is 48.4. The summed E-state index contributed by atoms with van der Waals surface area (Å²) < 4.78 is 9.91. The van der Waals surface area contributed by atoms with Crippen molar-refractivity contribution < 1.29 is 28.8 Å². The molecule has 2 aromatic rings. The third-order valence-electron chi connectivity index (χ3n) is 4.54. The monoisotopic (exact) mass is 398 g/mol. The van der Waals surface area contributed by atoms with Crippen LogP contribution in [0.15, 0.2) is 30.3 Å². The van der Waals surface area contributed by atoms with Crippen LogP contribution in [0.25, 0.3) is 0 Å². The number of nitro benzene ring substituents is 1. The van der Waals surface area contributed by atoms with Gasteiger partial charge in [0.1, 0.15) is 5.56 Å². The van der Waals surface area contributed by atoms with Gasteiger partial charge in [-0.2, -0.15) is 0 Å². The molecule has 150 valence electrons. The van der Waals surface area contributed by atoms with Crippen molar-refractivity contribution in [3.05, 3.63) is 62.7 Å². The molecule has 1 aliphatic rings. The van der Waals surface area contributed by atoms with Gasteiger partial charge in [-0.1, -0.05) is 44.0 Å². The van der Waals surface area contributed by atoms with Gasteiger partial charge in [0.15, 0.2) is 11.5 Å². The number of benzene rings is 2. The summed E-state index contributed by atoms with van der Waals surface area (Å²) in [6.07, 6.45) is 1.32. The van der Waals surface area contributed by atoms with Crippen molar-refractivity contribution in [1.82, 2.24) is 0 Å². The Morgan fingerprint density at radius 2 is 1.72 bits per heavy atom. The second-order valence-corrected chi connectivity index (χ2v) is 6.43. The molecule has 9 heteroatoms. The summed E-state index contributed by atoms with van der Waals surface area (Å²) in [6.45, 7) is 2.10. The molecule has 0 aromatic heterocycles. The number of carbonyl (C=O) groups is 3. The Labute approximate surface area is 165 Å². The summed E-state index contributed by atoms with van der Waals surface area (Å²) in [5.41, 5.74) is 4.34. The van der Waals surface area contributed by atoms with Crippen LogP contribution in [-0.4, -0.2) is 29.3 Å². The van der Waals surface area contributed by atoms with Gasteiger partial charge in [-0.3, -0.25) is 19.7 Å². The van der Waals surface area contributed by atoms with E-state index in [1.165, 1.54) is 12.1 Å². The van der Waals surface area contributed by atoms with Crippen molar-refractivity contribution >= 4 is 29.1 Å². The number of hydrogen-bond acceptors (Lipinski definition) is 8. The first-order valence-corrected chi connectivity index (χ1v) is 9.00. The smallest absolute Gasteiger partial charge is 0.434 e. The molecule has 0 radical (unpaired) electrons. The number of hydrogen-bond donors (Lipinski definition) is 1. The van der Waals surface area contributed by atoms with Crippen LogP contribution in [0.5, 0.6) is 5.75 Å². The number of ketones is 2. The molecule has 0 amide bonds. The first-order valence-electron chi connectivity index (χ1n) is 9.00. The Morgan fingerprint density at radius 1 is 1.10 bits per heavy atom. The first-order chi connectivity index (χ1) is 13.9. The fraction of sp³-hybridized carbons (Fsp3) is 0.250. The lowest BCUT2D eigenvalue weighted by Gasteiger charge is -2.20. The Balaban J connectivity index is 2.03. The Kier molecular flexibility index (Phi) is 5.58. The maximum atomic E-state index is 12.9. The van der Waals surface area contributed by atoms with Crippen LogP contribution < -0.4 is 10.5 Å². The zero-order chi connectivity index (χ0) is 21.1. The summed E-state index contributed by atoms with van der Waals surface area (Å²) >= 11 is 0. The maximum absolute atomic E-state index is 12.9. The number of anilines is 1. The van der Waals surface area contributed by atoms with Crippen LogP contribution >= 0.6 is 0 Å². The largest absolute Gasteiger partial charge is 0.513 e. The average Bonchev–Trinajstić information content (AvgIpc) is 2.70. The molecular formula is C20H18N2O7. The third-order valence-corrected chi connectivity index (χ3v) is 4.54. The van der Waals surface area contributed by atoms with E-state index in [1.54, 1.807) is 12.1 Å². The van der Waals surface area contributed by atoms with Crippen LogP contribution in [0.2, 0.25) is 0 Å². The number of nitrogen functional groups attached to an aromatic ring is 1. The molecule has 2 aromatic carbocycles. The normalized spacial score (nSPS) is 12.2. The minimum Gasteiger partial charge on any atom is -0.434 e. The fourth-order valence-corrected chi connectivity index (χ4v) is 3.13. The fourth-order valence-electron chi connectivity index (χ4n) is 3.13. The predicted molar refractivity (Wildman–Crippen MR) is 102 cm³/mol. The van der Waals surface area contributed by atoms with Gasteiger partial charge in [-0.25, -0.2) is 4.79 Å². The standard InChI is InChI=1S/C20H18N2O7/c1-2-3-6-9-28-20(25)29-14-10-13(22(26)27)15-16(17(14)21)19(24)12-8-5-4-7-11(12)18(15)23/h4-5,7-8,10H,2-3,6,9,21H2,1H3. The van der Waals surface area contributed by atoms with E-state index >= 15 is 0 Å². The number of fused-ring (bicyclic) bond motifs is 2. The molecule has 1 aliphatic carbocycles. The second-order valence-electron chi connectivity index (χ2n) is 6.43. The van der Waals surface area contributed by atoms with E-state index in [1.807, 2.05) is 6.92 Å². The quantitative estimate of drug-likeness (QED) is 0.166. The predicted octanol–water partition coefficient (Wildman–Crippen LogP) is 3.66. The topological polar surface area (TPSA) is 139 Å². The molecule has 0 saturated carbocycles. The minimum absolute atomic E-state index is 0.0523. The highest BCUT2D eigenvalue weighted by Gasteiger charge is 2.39. The molecule has 0 unspecified atom stereocenters. The zero-order valence-corrected chi connectivity index (χ0v) is 15.6. The lowest BCUT2D eigenvalue weighted by molar-refractivity contribution is -0.385. The molecule has 0 fully saturated rings. The summed E-state index contributed by atoms with van der Waals surface area (Å²) in [7, 11) is 0. The lowest BCUT2D eigenvalue weighted by Crippen LogP contribution is -2.24. The van der Waals surface area contributed by atoms with E-state index in [0.29, 0.717) is 6.42 Å². The molecule has 0 saturated heterocycles. The summed E-state index contributed by atoms with van der Waals surface area (Å²) in [5.74, 6) is -1.75. The third kappa shape index (κ3) is 3.66. The van der Waals surface area contributed by atoms with E-state index in [2.05, 4.69) is 0 Å². The van der Waals surface area contributed by atoms with Crippen molar-refractivity contribution in [2.24, 2.45) is 0 Å². The SMILES string of the molecule is CCCCCOC(=O)Oc1cc([N+](=O)[O-])c2c(c1N)C(=O)c1ccccc1C2=O. The lowest BCUT2D eigenvalue weighted by atomic mass is 9.82. The Morgan fingerprint density at radius 3 is 2.31 bits per heavy atom. The Bertz CT molecular complexity index is 1030. The molecule has 3 rings (SSSR count). The molecule has 0 spiro atoms. The molecule has 0 bridgehead atoms. The summed E-state index contributed by atoms with van der Waals surface area (Å²) in [6, 6.07) is 6.82. The number of unbranched alkanes of at least 4 members (excludes halogenated alkanes) is 2. The van der Waals surface area contributed by atoms with Gasteiger partial charge >= 0.3 is 6.16 Å². The number of ether oxygens (including phenoxy) is 2. The van der Waals surface area contributed by atoms with Crippen molar-refractivity contribution in [1.29, 1.82) is 0 Å². The number of rotatable bonds is 6. The van der Waals surface area contributed by atoms with Gasteiger partial charge in [0.2, 0.25) is 5.78 Å². The van der Waals surface area contributed by atoms with E-state index < -0.39 is 39.6 Å². The van der Waals surface area contributed by atoms with E-state index in [0.717, 1.165) is 18.9 Å². The molecule has 0 heterocycles. The van der Waals surface area contributed by atoms with Crippen LogP contribution in [-0.2, 0) is 4.74 Å². The van der Waals surface area contributed by atoms with Gasteiger partial charge in [0, 0.05) is 11.1 Å².